The molecule has 27 heavy (non-hydrogen) atoms. The smallest absolute Gasteiger partial charge is 0.218 e. The zero-order valence-corrected chi connectivity index (χ0v) is 15.6. The van der Waals surface area contributed by atoms with Crippen LogP contribution >= 0.6 is 11.6 Å². The van der Waals surface area contributed by atoms with Crippen LogP contribution in [0.5, 0.6) is 0 Å². The van der Waals surface area contributed by atoms with Crippen molar-refractivity contribution >= 4 is 29.1 Å². The summed E-state index contributed by atoms with van der Waals surface area (Å²) in [7, 11) is 0. The van der Waals surface area contributed by atoms with Crippen molar-refractivity contribution in [1.29, 1.82) is 0 Å². The lowest BCUT2D eigenvalue weighted by atomic mass is 9.85. The number of aromatic nitrogens is 1. The van der Waals surface area contributed by atoms with Crippen LogP contribution in [0.2, 0.25) is 5.02 Å². The fraction of sp³-hybridized carbons (Fsp3) is 0.300. The van der Waals surface area contributed by atoms with Gasteiger partial charge >= 0.3 is 0 Å². The molecule has 0 radical (unpaired) electrons. The van der Waals surface area contributed by atoms with Crippen LogP contribution in [0.3, 0.4) is 0 Å². The summed E-state index contributed by atoms with van der Waals surface area (Å²) in [5.74, 6) is -3.24. The Balaban J connectivity index is 2.02. The maximum Gasteiger partial charge on any atom is 0.218 e. The minimum Gasteiger partial charge on any atom is -0.370 e. The number of carbonyl (C=O) groups is 3. The molecule has 2 aromatic rings. The predicted octanol–water partition coefficient (Wildman–Crippen LogP) is 3.28. The summed E-state index contributed by atoms with van der Waals surface area (Å²) in [5.41, 5.74) is 7.84. The first-order valence-corrected chi connectivity index (χ1v) is 8.84. The fourth-order valence-electron chi connectivity index (χ4n) is 3.77. The molecule has 0 aliphatic heterocycles. The van der Waals surface area contributed by atoms with Crippen LogP contribution in [0.25, 0.3) is 11.3 Å². The van der Waals surface area contributed by atoms with Crippen LogP contribution in [0, 0.1) is 25.6 Å². The van der Waals surface area contributed by atoms with E-state index in [-0.39, 0.29) is 35.1 Å². The highest BCUT2D eigenvalue weighted by molar-refractivity contribution is 6.30. The van der Waals surface area contributed by atoms with E-state index >= 15 is 0 Å². The van der Waals surface area contributed by atoms with Crippen molar-refractivity contribution in [3.63, 3.8) is 0 Å². The van der Waals surface area contributed by atoms with Gasteiger partial charge in [-0.2, -0.15) is 0 Å². The summed E-state index contributed by atoms with van der Waals surface area (Å²) < 4.78 is 14.2. The lowest BCUT2D eigenvalue weighted by Crippen LogP contribution is -2.22. The van der Waals surface area contributed by atoms with Gasteiger partial charge in [0, 0.05) is 30.5 Å². The van der Waals surface area contributed by atoms with Gasteiger partial charge in [-0.3, -0.25) is 19.4 Å². The Kier molecular flexibility index (Phi) is 5.11. The number of ketones is 2. The molecule has 1 aromatic heterocycles. The number of benzene rings is 1. The summed E-state index contributed by atoms with van der Waals surface area (Å²) >= 11 is 5.75. The summed E-state index contributed by atoms with van der Waals surface area (Å²) in [6.45, 7) is 3.53. The quantitative estimate of drug-likeness (QED) is 0.814. The van der Waals surface area contributed by atoms with E-state index in [9.17, 15) is 18.8 Å². The van der Waals surface area contributed by atoms with Crippen molar-refractivity contribution < 1.29 is 18.8 Å². The maximum absolute atomic E-state index is 14.2. The van der Waals surface area contributed by atoms with Gasteiger partial charge < -0.3 is 5.73 Å². The normalized spacial score (nSPS) is 19.6. The minimum absolute atomic E-state index is 0.0143. The molecule has 2 N–H and O–H groups in total. The average molecular weight is 389 g/mol. The molecule has 1 aliphatic rings. The van der Waals surface area contributed by atoms with Crippen LogP contribution in [0.1, 0.15) is 35.4 Å². The number of nitrogens with two attached hydrogens (primary N) is 1. The number of primary amides is 1. The number of carbonyl (C=O) groups excluding carboxylic acids is 3. The van der Waals surface area contributed by atoms with Gasteiger partial charge in [-0.05, 0) is 48.7 Å². The first kappa shape index (κ1) is 19.2. The number of aryl methyl sites for hydroxylation is 2. The molecule has 0 spiro atoms. The molecule has 2 atom stereocenters. The molecule has 1 heterocycles. The number of pyridine rings is 1. The van der Waals surface area contributed by atoms with Crippen LogP contribution in [0.15, 0.2) is 24.4 Å². The lowest BCUT2D eigenvalue weighted by Gasteiger charge is -2.17. The van der Waals surface area contributed by atoms with Crippen molar-refractivity contribution in [3.8, 4) is 11.3 Å². The van der Waals surface area contributed by atoms with Gasteiger partial charge in [-0.15, -0.1) is 0 Å². The number of hydrogen-bond acceptors (Lipinski definition) is 4. The first-order chi connectivity index (χ1) is 12.7. The average Bonchev–Trinajstić information content (AvgIpc) is 2.81. The van der Waals surface area contributed by atoms with Gasteiger partial charge in [0.2, 0.25) is 5.91 Å². The van der Waals surface area contributed by atoms with Crippen LogP contribution in [-0.4, -0.2) is 22.5 Å². The van der Waals surface area contributed by atoms with E-state index in [2.05, 4.69) is 4.98 Å². The molecule has 1 amide bonds. The first-order valence-electron chi connectivity index (χ1n) is 8.46. The molecule has 5 nitrogen and oxygen atoms in total. The maximum atomic E-state index is 14.2. The number of halogens is 2. The van der Waals surface area contributed by atoms with Crippen molar-refractivity contribution in [1.82, 2.24) is 4.98 Å². The Bertz CT molecular complexity index is 951. The zero-order chi connectivity index (χ0) is 19.9. The van der Waals surface area contributed by atoms with Crippen LogP contribution in [-0.2, 0) is 14.4 Å². The van der Waals surface area contributed by atoms with Gasteiger partial charge in [0.1, 0.15) is 17.4 Å². The summed E-state index contributed by atoms with van der Waals surface area (Å²) in [6.07, 6.45) is 1.24. The molecular weight excluding hydrogens is 371 g/mol. The molecule has 0 bridgehead atoms. The fourth-order valence-corrected chi connectivity index (χ4v) is 3.91. The Labute approximate surface area is 160 Å². The second-order valence-electron chi connectivity index (χ2n) is 6.88. The van der Waals surface area contributed by atoms with Crippen molar-refractivity contribution in [2.75, 3.05) is 0 Å². The third kappa shape index (κ3) is 3.62. The molecule has 1 aliphatic carbocycles. The third-order valence-electron chi connectivity index (χ3n) is 4.87. The number of amides is 1. The largest absolute Gasteiger partial charge is 0.370 e. The molecule has 1 fully saturated rings. The van der Waals surface area contributed by atoms with Crippen molar-refractivity contribution in [2.24, 2.45) is 11.7 Å². The second kappa shape index (κ2) is 7.19. The summed E-state index contributed by atoms with van der Waals surface area (Å²) in [5, 5.41) is 0.198. The number of rotatable bonds is 4. The van der Waals surface area contributed by atoms with E-state index in [0.29, 0.717) is 22.3 Å². The Morgan fingerprint density at radius 1 is 1.26 bits per heavy atom. The van der Waals surface area contributed by atoms with Gasteiger partial charge in [0.25, 0.3) is 0 Å². The van der Waals surface area contributed by atoms with E-state index in [1.807, 2.05) is 0 Å². The molecule has 0 saturated heterocycles. The van der Waals surface area contributed by atoms with E-state index < -0.39 is 23.6 Å². The molecule has 2 unspecified atom stereocenters. The number of hydrogen-bond donors (Lipinski definition) is 1. The van der Waals surface area contributed by atoms with Gasteiger partial charge in [-0.1, -0.05) is 11.6 Å². The molecule has 140 valence electrons. The summed E-state index contributed by atoms with van der Waals surface area (Å²) in [4.78, 5) is 40.3. The summed E-state index contributed by atoms with van der Waals surface area (Å²) in [6, 6.07) is 4.58. The minimum atomic E-state index is -0.911. The molecule has 3 rings (SSSR count). The SMILES string of the molecule is Cc1cc(-c2ncc(Cl)cc2F)cc(C)c1C1C(=O)CC(CC(N)=O)C1=O. The van der Waals surface area contributed by atoms with Crippen LogP contribution in [0.4, 0.5) is 4.39 Å². The Morgan fingerprint density at radius 3 is 2.44 bits per heavy atom. The Morgan fingerprint density at radius 2 is 1.89 bits per heavy atom. The van der Waals surface area contributed by atoms with E-state index in [4.69, 9.17) is 17.3 Å². The number of Topliss-reactive ketones (excluding diaryl/α,β-unsaturated/α-hetero) is 2. The lowest BCUT2D eigenvalue weighted by molar-refractivity contribution is -0.127. The van der Waals surface area contributed by atoms with Gasteiger partial charge in [0.05, 0.1) is 5.02 Å². The standard InChI is InChI=1S/C20H18ClFN2O3/c1-9-3-11(19-14(22)7-13(21)8-24-19)4-10(2)17(9)18-15(25)5-12(20(18)27)6-16(23)26/h3-4,7-8,12,18H,5-6H2,1-2H3,(H2,23,26). The molecule has 1 saturated carbocycles. The van der Waals surface area contributed by atoms with E-state index in [0.717, 1.165) is 0 Å². The molecular formula is C20H18ClFN2O3. The van der Waals surface area contributed by atoms with Gasteiger partial charge in [0.15, 0.2) is 11.6 Å². The van der Waals surface area contributed by atoms with Crippen molar-refractivity contribution in [3.05, 3.63) is 51.9 Å². The van der Waals surface area contributed by atoms with Gasteiger partial charge in [-0.25, -0.2) is 4.39 Å². The highest BCUT2D eigenvalue weighted by Crippen LogP contribution is 2.38. The monoisotopic (exact) mass is 388 g/mol. The molecule has 1 aromatic carbocycles. The topological polar surface area (TPSA) is 90.1 Å². The highest BCUT2D eigenvalue weighted by atomic mass is 35.5. The van der Waals surface area contributed by atoms with E-state index in [1.165, 1.54) is 12.3 Å². The van der Waals surface area contributed by atoms with E-state index in [1.54, 1.807) is 26.0 Å². The predicted molar refractivity (Wildman–Crippen MR) is 98.8 cm³/mol. The second-order valence-corrected chi connectivity index (χ2v) is 7.32. The molecule has 7 heteroatoms. The highest BCUT2D eigenvalue weighted by Gasteiger charge is 2.43. The van der Waals surface area contributed by atoms with Crippen molar-refractivity contribution in [2.45, 2.75) is 32.6 Å². The number of nitrogens with zero attached hydrogens (tertiary/aromatic N) is 1. The zero-order valence-electron chi connectivity index (χ0n) is 14.9. The van der Waals surface area contributed by atoms with Crippen LogP contribution < -0.4 is 5.73 Å². The third-order valence-corrected chi connectivity index (χ3v) is 5.07. The Hall–Kier alpha value is -2.60.